The first-order chi connectivity index (χ1) is 13.7. The third-order valence-corrected chi connectivity index (χ3v) is 4.69. The predicted octanol–water partition coefficient (Wildman–Crippen LogP) is 2.62. The summed E-state index contributed by atoms with van der Waals surface area (Å²) in [6, 6.07) is 11.2. The minimum absolute atomic E-state index is 0.0721. The molecule has 3 heterocycles. The normalized spacial score (nSPS) is 15.4. The third-order valence-electron chi connectivity index (χ3n) is 4.69. The molecule has 0 atom stereocenters. The Morgan fingerprint density at radius 2 is 1.93 bits per heavy atom. The van der Waals surface area contributed by atoms with Crippen LogP contribution in [0.25, 0.3) is 11.5 Å². The summed E-state index contributed by atoms with van der Waals surface area (Å²) in [4.78, 5) is 25.3. The van der Waals surface area contributed by atoms with E-state index >= 15 is 0 Å². The summed E-state index contributed by atoms with van der Waals surface area (Å²) in [5.41, 5.74) is 1.18. The van der Waals surface area contributed by atoms with Crippen LogP contribution >= 0.6 is 0 Å². The Morgan fingerprint density at radius 3 is 2.71 bits per heavy atom. The number of nitrogens with zero attached hydrogens (tertiary/aromatic N) is 5. The summed E-state index contributed by atoms with van der Waals surface area (Å²) < 4.78 is 18.4. The summed E-state index contributed by atoms with van der Waals surface area (Å²) in [6.45, 7) is 3.31. The van der Waals surface area contributed by atoms with Gasteiger partial charge in [-0.2, -0.15) is 4.98 Å². The number of rotatable bonds is 4. The van der Waals surface area contributed by atoms with Crippen LogP contribution < -0.4 is 0 Å². The van der Waals surface area contributed by atoms with Gasteiger partial charge in [-0.25, -0.2) is 4.39 Å². The Bertz CT molecular complexity index is 929. The molecule has 8 heteroatoms. The highest BCUT2D eigenvalue weighted by Crippen LogP contribution is 2.15. The zero-order valence-corrected chi connectivity index (χ0v) is 15.3. The van der Waals surface area contributed by atoms with Crippen molar-refractivity contribution < 1.29 is 13.7 Å². The molecular formula is C20H20FN5O2. The highest BCUT2D eigenvalue weighted by Gasteiger charge is 2.22. The Hall–Kier alpha value is -3.13. The first-order valence-corrected chi connectivity index (χ1v) is 9.20. The number of benzene rings is 1. The number of halogens is 1. The topological polar surface area (TPSA) is 75.4 Å². The second-order valence-corrected chi connectivity index (χ2v) is 6.66. The van der Waals surface area contributed by atoms with Crippen molar-refractivity contribution in [2.45, 2.75) is 13.0 Å². The number of amides is 1. The zero-order chi connectivity index (χ0) is 19.3. The van der Waals surface area contributed by atoms with Gasteiger partial charge in [-0.1, -0.05) is 11.2 Å². The highest BCUT2D eigenvalue weighted by molar-refractivity contribution is 5.94. The van der Waals surface area contributed by atoms with Crippen molar-refractivity contribution in [1.29, 1.82) is 0 Å². The first kappa shape index (κ1) is 18.2. The van der Waals surface area contributed by atoms with E-state index in [0.717, 1.165) is 13.0 Å². The SMILES string of the molecule is O=C(c1ccc(F)cc1)N1CCCN(Cc2nc(-c3ccccn3)no2)CC1. The molecule has 0 spiro atoms. The van der Waals surface area contributed by atoms with Gasteiger partial charge in [-0.05, 0) is 42.8 Å². The van der Waals surface area contributed by atoms with Crippen molar-refractivity contribution in [2.24, 2.45) is 0 Å². The fraction of sp³-hybridized carbons (Fsp3) is 0.300. The number of pyridine rings is 1. The van der Waals surface area contributed by atoms with E-state index in [4.69, 9.17) is 4.52 Å². The average Bonchev–Trinajstić information content (AvgIpc) is 3.07. The molecule has 1 fully saturated rings. The number of carbonyl (C=O) groups is 1. The van der Waals surface area contributed by atoms with Gasteiger partial charge in [0.25, 0.3) is 5.91 Å². The van der Waals surface area contributed by atoms with Crippen LogP contribution in [0.2, 0.25) is 0 Å². The molecule has 0 saturated carbocycles. The Morgan fingerprint density at radius 1 is 1.07 bits per heavy atom. The Labute approximate surface area is 161 Å². The lowest BCUT2D eigenvalue weighted by molar-refractivity contribution is 0.0760. The number of hydrogen-bond donors (Lipinski definition) is 0. The fourth-order valence-corrected chi connectivity index (χ4v) is 3.22. The van der Waals surface area contributed by atoms with Crippen molar-refractivity contribution >= 4 is 5.91 Å². The van der Waals surface area contributed by atoms with Gasteiger partial charge in [-0.3, -0.25) is 14.7 Å². The maximum Gasteiger partial charge on any atom is 0.253 e. The molecule has 2 aromatic heterocycles. The molecule has 1 saturated heterocycles. The summed E-state index contributed by atoms with van der Waals surface area (Å²) in [6.07, 6.45) is 2.53. The maximum atomic E-state index is 13.1. The molecule has 0 radical (unpaired) electrons. The van der Waals surface area contributed by atoms with E-state index in [0.29, 0.717) is 49.2 Å². The molecule has 144 valence electrons. The van der Waals surface area contributed by atoms with E-state index in [1.54, 1.807) is 11.1 Å². The Kier molecular flexibility index (Phi) is 5.38. The van der Waals surface area contributed by atoms with Crippen LogP contribution in [-0.2, 0) is 6.54 Å². The molecule has 1 aliphatic heterocycles. The van der Waals surface area contributed by atoms with Crippen LogP contribution in [0.1, 0.15) is 22.7 Å². The molecule has 1 amide bonds. The first-order valence-electron chi connectivity index (χ1n) is 9.20. The monoisotopic (exact) mass is 381 g/mol. The van der Waals surface area contributed by atoms with E-state index in [-0.39, 0.29) is 11.7 Å². The zero-order valence-electron chi connectivity index (χ0n) is 15.3. The van der Waals surface area contributed by atoms with Gasteiger partial charge in [0.1, 0.15) is 11.5 Å². The van der Waals surface area contributed by atoms with Crippen molar-refractivity contribution in [1.82, 2.24) is 24.9 Å². The fourth-order valence-electron chi connectivity index (χ4n) is 3.22. The summed E-state index contributed by atoms with van der Waals surface area (Å²) in [5, 5.41) is 3.99. The molecule has 3 aromatic rings. The summed E-state index contributed by atoms with van der Waals surface area (Å²) >= 11 is 0. The molecule has 1 aliphatic rings. The second kappa shape index (κ2) is 8.26. The van der Waals surface area contributed by atoms with Crippen molar-refractivity contribution in [3.8, 4) is 11.5 Å². The van der Waals surface area contributed by atoms with Crippen LogP contribution in [0.3, 0.4) is 0 Å². The van der Waals surface area contributed by atoms with Gasteiger partial charge in [0.05, 0.1) is 6.54 Å². The molecule has 0 unspecified atom stereocenters. The molecule has 0 aliphatic carbocycles. The number of carbonyl (C=O) groups excluding carboxylic acids is 1. The number of hydrogen-bond acceptors (Lipinski definition) is 6. The van der Waals surface area contributed by atoms with E-state index in [1.807, 2.05) is 18.2 Å². The maximum absolute atomic E-state index is 13.1. The molecule has 0 bridgehead atoms. The molecule has 1 aromatic carbocycles. The van der Waals surface area contributed by atoms with Crippen LogP contribution in [-0.4, -0.2) is 57.0 Å². The lowest BCUT2D eigenvalue weighted by atomic mass is 10.2. The average molecular weight is 381 g/mol. The van der Waals surface area contributed by atoms with Gasteiger partial charge in [0, 0.05) is 37.9 Å². The van der Waals surface area contributed by atoms with Crippen LogP contribution in [0, 0.1) is 5.82 Å². The van der Waals surface area contributed by atoms with Gasteiger partial charge < -0.3 is 9.42 Å². The number of aromatic nitrogens is 3. The van der Waals surface area contributed by atoms with Crippen LogP contribution in [0.4, 0.5) is 4.39 Å². The lowest BCUT2D eigenvalue weighted by Gasteiger charge is -2.21. The highest BCUT2D eigenvalue weighted by atomic mass is 19.1. The summed E-state index contributed by atoms with van der Waals surface area (Å²) in [5.74, 6) is 0.581. The van der Waals surface area contributed by atoms with Crippen molar-refractivity contribution in [3.63, 3.8) is 0 Å². The minimum Gasteiger partial charge on any atom is -0.337 e. The quantitative estimate of drug-likeness (QED) is 0.692. The van der Waals surface area contributed by atoms with E-state index in [9.17, 15) is 9.18 Å². The molecule has 28 heavy (non-hydrogen) atoms. The van der Waals surface area contributed by atoms with E-state index in [2.05, 4.69) is 20.0 Å². The van der Waals surface area contributed by atoms with Crippen molar-refractivity contribution in [3.05, 3.63) is 65.9 Å². The van der Waals surface area contributed by atoms with Crippen LogP contribution in [0.15, 0.2) is 53.2 Å². The Balaban J connectivity index is 1.36. The van der Waals surface area contributed by atoms with Crippen molar-refractivity contribution in [2.75, 3.05) is 26.2 Å². The van der Waals surface area contributed by atoms with Crippen LogP contribution in [0.5, 0.6) is 0 Å². The minimum atomic E-state index is -0.344. The molecule has 7 nitrogen and oxygen atoms in total. The van der Waals surface area contributed by atoms with Gasteiger partial charge in [0.2, 0.25) is 11.7 Å². The van der Waals surface area contributed by atoms with Gasteiger partial charge in [0.15, 0.2) is 0 Å². The lowest BCUT2D eigenvalue weighted by Crippen LogP contribution is -2.35. The molecule has 4 rings (SSSR count). The van der Waals surface area contributed by atoms with E-state index in [1.165, 1.54) is 24.3 Å². The molecular weight excluding hydrogens is 361 g/mol. The third kappa shape index (κ3) is 4.23. The summed E-state index contributed by atoms with van der Waals surface area (Å²) in [7, 11) is 0. The van der Waals surface area contributed by atoms with E-state index < -0.39 is 0 Å². The smallest absolute Gasteiger partial charge is 0.253 e. The standard InChI is InChI=1S/C20H20FN5O2/c21-16-7-5-15(6-8-16)20(27)26-11-3-10-25(12-13-26)14-18-23-19(24-28-18)17-4-1-2-9-22-17/h1-2,4-9H,3,10-14H2. The van der Waals surface area contributed by atoms with Gasteiger partial charge >= 0.3 is 0 Å². The second-order valence-electron chi connectivity index (χ2n) is 6.66. The predicted molar refractivity (Wildman–Crippen MR) is 99.7 cm³/mol. The largest absolute Gasteiger partial charge is 0.337 e. The molecule has 0 N–H and O–H groups in total. The van der Waals surface area contributed by atoms with Gasteiger partial charge in [-0.15, -0.1) is 0 Å².